The Kier molecular flexibility index (Phi) is 9.08. The molecule has 2 rings (SSSR count). The largest absolute Gasteiger partial charge is 0.385 e. The molecule has 2 N–H and O–H groups in total. The Hall–Kier alpha value is -1.30. The zero-order valence-corrected chi connectivity index (χ0v) is 15.7. The van der Waals surface area contributed by atoms with E-state index in [1.807, 2.05) is 4.90 Å². The second-order valence-electron chi connectivity index (χ2n) is 7.39. The highest BCUT2D eigenvalue weighted by atomic mass is 16.5. The summed E-state index contributed by atoms with van der Waals surface area (Å²) in [4.78, 5) is 26.4. The average Bonchev–Trinajstić information content (AvgIpc) is 2.65. The number of ether oxygens (including phenoxy) is 1. The van der Waals surface area contributed by atoms with Gasteiger partial charge in [-0.1, -0.05) is 19.3 Å². The monoisotopic (exact) mass is 353 g/mol. The predicted octanol–water partition coefficient (Wildman–Crippen LogP) is 2.67. The quantitative estimate of drug-likeness (QED) is 0.659. The van der Waals surface area contributed by atoms with Crippen LogP contribution in [0.3, 0.4) is 0 Å². The van der Waals surface area contributed by atoms with Crippen molar-refractivity contribution in [3.8, 4) is 0 Å². The molecule has 0 unspecified atom stereocenters. The summed E-state index contributed by atoms with van der Waals surface area (Å²) >= 11 is 0. The first-order valence-corrected chi connectivity index (χ1v) is 10.0. The molecular weight excluding hydrogens is 318 g/mol. The minimum Gasteiger partial charge on any atom is -0.385 e. The molecule has 0 aromatic carbocycles. The number of hydrogen-bond acceptors (Lipinski definition) is 3. The number of nitrogens with zero attached hydrogens (tertiary/aromatic N) is 1. The summed E-state index contributed by atoms with van der Waals surface area (Å²) in [5.74, 6) is 0.451. The van der Waals surface area contributed by atoms with E-state index in [0.717, 1.165) is 71.2 Å². The fraction of sp³-hybridized carbons (Fsp3) is 0.895. The third kappa shape index (κ3) is 7.22. The van der Waals surface area contributed by atoms with Crippen LogP contribution >= 0.6 is 0 Å². The number of amides is 3. The number of carbonyl (C=O) groups is 2. The smallest absolute Gasteiger partial charge is 0.317 e. The van der Waals surface area contributed by atoms with Gasteiger partial charge in [0, 0.05) is 45.3 Å². The maximum atomic E-state index is 12.3. The molecule has 3 amide bonds. The highest BCUT2D eigenvalue weighted by molar-refractivity contribution is 5.79. The van der Waals surface area contributed by atoms with Crippen molar-refractivity contribution in [2.45, 2.75) is 70.3 Å². The first kappa shape index (κ1) is 20.0. The molecule has 1 saturated carbocycles. The van der Waals surface area contributed by atoms with Gasteiger partial charge in [-0.15, -0.1) is 0 Å². The lowest BCUT2D eigenvalue weighted by Gasteiger charge is -2.33. The molecule has 0 aromatic rings. The average molecular weight is 354 g/mol. The van der Waals surface area contributed by atoms with Gasteiger partial charge >= 0.3 is 6.03 Å². The van der Waals surface area contributed by atoms with Crippen molar-refractivity contribution in [2.24, 2.45) is 5.92 Å². The molecule has 0 radical (unpaired) electrons. The molecular formula is C19H35N3O3. The molecule has 1 saturated heterocycles. The van der Waals surface area contributed by atoms with Gasteiger partial charge in [-0.2, -0.15) is 0 Å². The fourth-order valence-corrected chi connectivity index (χ4v) is 3.77. The summed E-state index contributed by atoms with van der Waals surface area (Å²) in [5, 5.41) is 6.21. The fourth-order valence-electron chi connectivity index (χ4n) is 3.77. The van der Waals surface area contributed by atoms with Crippen LogP contribution in [0, 0.1) is 5.92 Å². The van der Waals surface area contributed by atoms with Gasteiger partial charge in [-0.05, 0) is 44.9 Å². The summed E-state index contributed by atoms with van der Waals surface area (Å²) in [7, 11) is 1.71. The van der Waals surface area contributed by atoms with Gasteiger partial charge in [0.15, 0.2) is 0 Å². The number of unbranched alkanes of at least 4 members (excludes halogenated alkanes) is 2. The highest BCUT2D eigenvalue weighted by Gasteiger charge is 2.27. The van der Waals surface area contributed by atoms with E-state index >= 15 is 0 Å². The molecule has 1 aliphatic carbocycles. The van der Waals surface area contributed by atoms with Crippen LogP contribution in [-0.2, 0) is 9.53 Å². The van der Waals surface area contributed by atoms with Crippen molar-refractivity contribution in [1.82, 2.24) is 15.5 Å². The summed E-state index contributed by atoms with van der Waals surface area (Å²) < 4.78 is 5.02. The molecule has 2 aliphatic rings. The SMILES string of the molecule is COCCCCCNC(=O)N1CCC(NC(=O)C2CCCCC2)CC1. The molecule has 1 heterocycles. The van der Waals surface area contributed by atoms with E-state index in [0.29, 0.717) is 0 Å². The lowest BCUT2D eigenvalue weighted by Crippen LogP contribution is -2.50. The van der Waals surface area contributed by atoms with Crippen LogP contribution in [0.15, 0.2) is 0 Å². The molecule has 0 spiro atoms. The van der Waals surface area contributed by atoms with Gasteiger partial charge in [0.25, 0.3) is 0 Å². The van der Waals surface area contributed by atoms with Crippen molar-refractivity contribution in [3.63, 3.8) is 0 Å². The Morgan fingerprint density at radius 3 is 2.40 bits per heavy atom. The Morgan fingerprint density at radius 1 is 1.00 bits per heavy atom. The topological polar surface area (TPSA) is 70.7 Å². The van der Waals surface area contributed by atoms with Crippen molar-refractivity contribution in [3.05, 3.63) is 0 Å². The number of methoxy groups -OCH3 is 1. The molecule has 0 bridgehead atoms. The Balaban J connectivity index is 1.57. The van der Waals surface area contributed by atoms with E-state index in [-0.39, 0.29) is 23.9 Å². The molecule has 1 aliphatic heterocycles. The molecule has 25 heavy (non-hydrogen) atoms. The Labute approximate surface area is 152 Å². The van der Waals surface area contributed by atoms with Gasteiger partial charge in [0.1, 0.15) is 0 Å². The second-order valence-corrected chi connectivity index (χ2v) is 7.39. The maximum Gasteiger partial charge on any atom is 0.317 e. The second kappa shape index (κ2) is 11.3. The zero-order valence-electron chi connectivity index (χ0n) is 15.7. The maximum absolute atomic E-state index is 12.3. The highest BCUT2D eigenvalue weighted by Crippen LogP contribution is 2.24. The van der Waals surface area contributed by atoms with Gasteiger partial charge in [-0.3, -0.25) is 4.79 Å². The third-order valence-corrected chi connectivity index (χ3v) is 5.41. The number of piperidine rings is 1. The number of rotatable bonds is 8. The van der Waals surface area contributed by atoms with Crippen LogP contribution in [0.5, 0.6) is 0 Å². The summed E-state index contributed by atoms with van der Waals surface area (Å²) in [6, 6.07) is 0.260. The molecule has 6 nitrogen and oxygen atoms in total. The van der Waals surface area contributed by atoms with Gasteiger partial charge in [0.05, 0.1) is 0 Å². The van der Waals surface area contributed by atoms with Crippen molar-refractivity contribution >= 4 is 11.9 Å². The van der Waals surface area contributed by atoms with Crippen molar-refractivity contribution in [2.75, 3.05) is 33.4 Å². The van der Waals surface area contributed by atoms with E-state index in [9.17, 15) is 9.59 Å². The molecule has 0 atom stereocenters. The van der Waals surface area contributed by atoms with Crippen molar-refractivity contribution < 1.29 is 14.3 Å². The van der Waals surface area contributed by atoms with E-state index in [1.54, 1.807) is 7.11 Å². The van der Waals surface area contributed by atoms with E-state index in [1.165, 1.54) is 19.3 Å². The molecule has 0 aromatic heterocycles. The van der Waals surface area contributed by atoms with Gasteiger partial charge in [0.2, 0.25) is 5.91 Å². The van der Waals surface area contributed by atoms with Gasteiger partial charge < -0.3 is 20.3 Å². The standard InChI is InChI=1S/C19H35N3O3/c1-25-15-7-3-6-12-20-19(24)22-13-10-17(11-14-22)21-18(23)16-8-4-2-5-9-16/h16-17H,2-15H2,1H3,(H,20,24)(H,21,23). The predicted molar refractivity (Wildman–Crippen MR) is 98.4 cm³/mol. The lowest BCUT2D eigenvalue weighted by atomic mass is 9.88. The summed E-state index contributed by atoms with van der Waals surface area (Å²) in [5.41, 5.74) is 0. The first-order chi connectivity index (χ1) is 12.2. The van der Waals surface area contributed by atoms with Crippen LogP contribution < -0.4 is 10.6 Å². The number of nitrogens with one attached hydrogen (secondary N) is 2. The van der Waals surface area contributed by atoms with E-state index in [4.69, 9.17) is 4.74 Å². The van der Waals surface area contributed by atoms with E-state index in [2.05, 4.69) is 10.6 Å². The normalized spacial score (nSPS) is 19.6. The molecule has 2 fully saturated rings. The Bertz CT molecular complexity index is 403. The van der Waals surface area contributed by atoms with Crippen LogP contribution in [0.4, 0.5) is 4.79 Å². The number of urea groups is 1. The van der Waals surface area contributed by atoms with Crippen LogP contribution in [0.25, 0.3) is 0 Å². The molecule has 6 heteroatoms. The minimum absolute atomic E-state index is 0.0313. The van der Waals surface area contributed by atoms with Crippen molar-refractivity contribution in [1.29, 1.82) is 0 Å². The van der Waals surface area contributed by atoms with Gasteiger partial charge in [-0.25, -0.2) is 4.79 Å². The first-order valence-electron chi connectivity index (χ1n) is 10.0. The summed E-state index contributed by atoms with van der Waals surface area (Å²) in [6.45, 7) is 2.96. The van der Waals surface area contributed by atoms with Crippen LogP contribution in [0.1, 0.15) is 64.2 Å². The number of hydrogen-bond donors (Lipinski definition) is 2. The zero-order chi connectivity index (χ0) is 17.9. The minimum atomic E-state index is 0.0313. The van der Waals surface area contributed by atoms with E-state index < -0.39 is 0 Å². The summed E-state index contributed by atoms with van der Waals surface area (Å²) in [6.07, 6.45) is 10.5. The third-order valence-electron chi connectivity index (χ3n) is 5.41. The number of likely N-dealkylation sites (tertiary alicyclic amines) is 1. The Morgan fingerprint density at radius 2 is 1.72 bits per heavy atom. The number of carbonyl (C=O) groups excluding carboxylic acids is 2. The molecule has 144 valence electrons. The lowest BCUT2D eigenvalue weighted by molar-refractivity contribution is -0.126. The van der Waals surface area contributed by atoms with Crippen LogP contribution in [-0.4, -0.2) is 56.2 Å². The van der Waals surface area contributed by atoms with Crippen LogP contribution in [0.2, 0.25) is 0 Å².